The fraction of sp³-hybridized carbons (Fsp3) is 0.556. The van der Waals surface area contributed by atoms with Gasteiger partial charge in [-0.2, -0.15) is 5.26 Å². The molecule has 0 bridgehead atoms. The molecule has 0 atom stereocenters. The SMILES string of the molecule is Cc1csc(=O)n1CCCCC#N. The molecule has 13 heavy (non-hydrogen) atoms. The van der Waals surface area contributed by atoms with Crippen LogP contribution in [0.3, 0.4) is 0 Å². The van der Waals surface area contributed by atoms with E-state index in [1.54, 1.807) is 4.57 Å². The molecule has 0 aliphatic heterocycles. The zero-order chi connectivity index (χ0) is 9.68. The molecule has 0 spiro atoms. The molecule has 0 amide bonds. The molecule has 0 N–H and O–H groups in total. The first-order valence-corrected chi connectivity index (χ1v) is 5.15. The van der Waals surface area contributed by atoms with Gasteiger partial charge in [-0.3, -0.25) is 4.79 Å². The summed E-state index contributed by atoms with van der Waals surface area (Å²) < 4.78 is 1.77. The highest BCUT2D eigenvalue weighted by molar-refractivity contribution is 7.07. The topological polar surface area (TPSA) is 45.8 Å². The van der Waals surface area contributed by atoms with Gasteiger partial charge in [-0.15, -0.1) is 0 Å². The van der Waals surface area contributed by atoms with Crippen LogP contribution in [0.2, 0.25) is 0 Å². The van der Waals surface area contributed by atoms with E-state index in [9.17, 15) is 4.79 Å². The van der Waals surface area contributed by atoms with Gasteiger partial charge in [0.15, 0.2) is 0 Å². The van der Waals surface area contributed by atoms with Gasteiger partial charge in [-0.05, 0) is 19.8 Å². The van der Waals surface area contributed by atoms with E-state index >= 15 is 0 Å². The molecule has 70 valence electrons. The second kappa shape index (κ2) is 4.83. The largest absolute Gasteiger partial charge is 0.307 e. The summed E-state index contributed by atoms with van der Waals surface area (Å²) in [6, 6.07) is 2.09. The summed E-state index contributed by atoms with van der Waals surface area (Å²) in [5.74, 6) is 0. The van der Waals surface area contributed by atoms with Crippen molar-refractivity contribution in [3.05, 3.63) is 20.7 Å². The molecule has 0 aliphatic carbocycles. The van der Waals surface area contributed by atoms with E-state index in [0.717, 1.165) is 25.1 Å². The number of nitriles is 1. The summed E-state index contributed by atoms with van der Waals surface area (Å²) in [7, 11) is 0. The molecule has 0 radical (unpaired) electrons. The Hall–Kier alpha value is -1.08. The summed E-state index contributed by atoms with van der Waals surface area (Å²) in [6.45, 7) is 2.68. The minimum Gasteiger partial charge on any atom is -0.303 e. The van der Waals surface area contributed by atoms with E-state index in [1.807, 2.05) is 12.3 Å². The molecule has 0 saturated carbocycles. The average Bonchev–Trinajstić information content (AvgIpc) is 2.42. The standard InChI is InChI=1S/C9H12N2OS/c1-8-7-13-9(12)11(8)6-4-2-3-5-10/h7H,2-4,6H2,1H3. The lowest BCUT2D eigenvalue weighted by atomic mass is 10.2. The van der Waals surface area contributed by atoms with E-state index in [0.29, 0.717) is 6.42 Å². The fourth-order valence-electron chi connectivity index (χ4n) is 1.15. The predicted octanol–water partition coefficient (Wildman–Crippen LogP) is 1.91. The second-order valence-electron chi connectivity index (χ2n) is 2.91. The first-order valence-electron chi connectivity index (χ1n) is 4.27. The summed E-state index contributed by atoms with van der Waals surface area (Å²) in [5, 5.41) is 10.2. The Labute approximate surface area is 81.2 Å². The van der Waals surface area contributed by atoms with Crippen molar-refractivity contribution < 1.29 is 0 Å². The number of hydrogen-bond donors (Lipinski definition) is 0. The molecule has 3 nitrogen and oxygen atoms in total. The van der Waals surface area contributed by atoms with Gasteiger partial charge >= 0.3 is 4.87 Å². The second-order valence-corrected chi connectivity index (χ2v) is 3.73. The summed E-state index contributed by atoms with van der Waals surface area (Å²) in [6.07, 6.45) is 2.36. The maximum absolute atomic E-state index is 11.2. The minimum absolute atomic E-state index is 0.106. The highest BCUT2D eigenvalue weighted by Gasteiger charge is 2.00. The average molecular weight is 196 g/mol. The Morgan fingerprint density at radius 2 is 2.38 bits per heavy atom. The van der Waals surface area contributed by atoms with Gasteiger partial charge in [0.2, 0.25) is 0 Å². The lowest BCUT2D eigenvalue weighted by molar-refractivity contribution is 0.598. The maximum Gasteiger partial charge on any atom is 0.307 e. The minimum atomic E-state index is 0.106. The fourth-order valence-corrected chi connectivity index (χ4v) is 1.91. The Kier molecular flexibility index (Phi) is 3.71. The molecule has 0 saturated heterocycles. The zero-order valence-electron chi connectivity index (χ0n) is 7.62. The molecule has 0 fully saturated rings. The van der Waals surface area contributed by atoms with Gasteiger partial charge in [0, 0.05) is 24.0 Å². The quantitative estimate of drug-likeness (QED) is 0.690. The van der Waals surface area contributed by atoms with E-state index in [2.05, 4.69) is 6.07 Å². The van der Waals surface area contributed by atoms with Crippen LogP contribution in [0, 0.1) is 18.3 Å². The maximum atomic E-state index is 11.2. The highest BCUT2D eigenvalue weighted by atomic mass is 32.1. The molecule has 1 aromatic rings. The molecular formula is C9H12N2OS. The number of thiazole rings is 1. The third-order valence-corrected chi connectivity index (χ3v) is 2.78. The van der Waals surface area contributed by atoms with Crippen molar-refractivity contribution in [3.8, 4) is 6.07 Å². The first kappa shape index (κ1) is 10.0. The van der Waals surface area contributed by atoms with E-state index < -0.39 is 0 Å². The molecule has 4 heteroatoms. The Morgan fingerprint density at radius 3 is 2.92 bits per heavy atom. The number of rotatable bonds is 4. The molecule has 1 aromatic heterocycles. The van der Waals surface area contributed by atoms with Crippen LogP contribution >= 0.6 is 11.3 Å². The molecule has 1 heterocycles. The van der Waals surface area contributed by atoms with Crippen LogP contribution in [0.4, 0.5) is 0 Å². The van der Waals surface area contributed by atoms with Crippen molar-refractivity contribution in [2.45, 2.75) is 32.7 Å². The van der Waals surface area contributed by atoms with Crippen molar-refractivity contribution in [3.63, 3.8) is 0 Å². The van der Waals surface area contributed by atoms with Crippen LogP contribution in [0.25, 0.3) is 0 Å². The van der Waals surface area contributed by atoms with Gasteiger partial charge in [0.1, 0.15) is 0 Å². The van der Waals surface area contributed by atoms with E-state index in [4.69, 9.17) is 5.26 Å². The van der Waals surface area contributed by atoms with Gasteiger partial charge in [0.05, 0.1) is 6.07 Å². The van der Waals surface area contributed by atoms with Crippen molar-refractivity contribution in [1.29, 1.82) is 5.26 Å². The molecule has 0 aliphatic rings. The monoisotopic (exact) mass is 196 g/mol. The van der Waals surface area contributed by atoms with Crippen LogP contribution in [0.1, 0.15) is 25.0 Å². The Balaban J connectivity index is 2.46. The number of unbranched alkanes of at least 4 members (excludes halogenated alkanes) is 2. The highest BCUT2D eigenvalue weighted by Crippen LogP contribution is 2.03. The van der Waals surface area contributed by atoms with Gasteiger partial charge in [-0.1, -0.05) is 11.3 Å². The van der Waals surface area contributed by atoms with Crippen molar-refractivity contribution in [1.82, 2.24) is 4.57 Å². The Morgan fingerprint density at radius 1 is 1.62 bits per heavy atom. The van der Waals surface area contributed by atoms with Crippen LogP contribution in [-0.4, -0.2) is 4.57 Å². The number of aryl methyl sites for hydroxylation is 1. The summed E-state index contributed by atoms with van der Waals surface area (Å²) in [5.41, 5.74) is 1.02. The third kappa shape index (κ3) is 2.71. The molecular weight excluding hydrogens is 184 g/mol. The Bertz CT molecular complexity index is 358. The van der Waals surface area contributed by atoms with Crippen LogP contribution in [0.5, 0.6) is 0 Å². The molecule has 0 aromatic carbocycles. The molecule has 0 unspecified atom stereocenters. The van der Waals surface area contributed by atoms with E-state index in [1.165, 1.54) is 11.3 Å². The van der Waals surface area contributed by atoms with Crippen LogP contribution < -0.4 is 4.87 Å². The lowest BCUT2D eigenvalue weighted by Gasteiger charge is -2.01. The number of aromatic nitrogens is 1. The van der Waals surface area contributed by atoms with Crippen molar-refractivity contribution in [2.24, 2.45) is 0 Å². The normalized spacial score (nSPS) is 9.85. The zero-order valence-corrected chi connectivity index (χ0v) is 8.43. The number of hydrogen-bond acceptors (Lipinski definition) is 3. The van der Waals surface area contributed by atoms with Gasteiger partial charge in [0.25, 0.3) is 0 Å². The van der Waals surface area contributed by atoms with Gasteiger partial charge < -0.3 is 4.57 Å². The van der Waals surface area contributed by atoms with E-state index in [-0.39, 0.29) is 4.87 Å². The van der Waals surface area contributed by atoms with Gasteiger partial charge in [-0.25, -0.2) is 0 Å². The first-order chi connectivity index (χ1) is 6.25. The number of nitrogens with zero attached hydrogens (tertiary/aromatic N) is 2. The van der Waals surface area contributed by atoms with Crippen molar-refractivity contribution >= 4 is 11.3 Å². The van der Waals surface area contributed by atoms with Crippen LogP contribution in [0.15, 0.2) is 10.2 Å². The summed E-state index contributed by atoms with van der Waals surface area (Å²) >= 11 is 1.24. The van der Waals surface area contributed by atoms with Crippen LogP contribution in [-0.2, 0) is 6.54 Å². The third-order valence-electron chi connectivity index (χ3n) is 1.90. The lowest BCUT2D eigenvalue weighted by Crippen LogP contribution is -2.14. The van der Waals surface area contributed by atoms with Crippen molar-refractivity contribution in [2.75, 3.05) is 0 Å². The smallest absolute Gasteiger partial charge is 0.303 e. The summed E-state index contributed by atoms with van der Waals surface area (Å²) in [4.78, 5) is 11.3. The molecule has 1 rings (SSSR count). The predicted molar refractivity (Wildman–Crippen MR) is 52.8 cm³/mol.